The highest BCUT2D eigenvalue weighted by Crippen LogP contribution is 2.29. The Kier molecular flexibility index (Phi) is 6.39. The number of amides is 1. The number of hydrogen-bond donors (Lipinski definition) is 1. The summed E-state index contributed by atoms with van der Waals surface area (Å²) >= 11 is 0. The van der Waals surface area contributed by atoms with Crippen LogP contribution >= 0.6 is 0 Å². The normalized spacial score (nSPS) is 15.1. The Morgan fingerprint density at radius 1 is 1.13 bits per heavy atom. The minimum atomic E-state index is -0.157. The van der Waals surface area contributed by atoms with E-state index in [0.29, 0.717) is 17.9 Å². The first kappa shape index (κ1) is 20.1. The number of aryl methyl sites for hydroxylation is 1. The molecule has 154 valence electrons. The Bertz CT molecular complexity index is 971. The number of benzene rings is 1. The van der Waals surface area contributed by atoms with Gasteiger partial charge in [0.1, 0.15) is 12.2 Å². The second-order valence-electron chi connectivity index (χ2n) is 7.64. The van der Waals surface area contributed by atoms with Crippen molar-refractivity contribution in [2.24, 2.45) is 0 Å². The lowest BCUT2D eigenvalue weighted by molar-refractivity contribution is 0.0947. The SMILES string of the molecule is Cc1ncc(C(=O)NCc2ccncn2)c(C2CCN(Cc3ccccc3)CC2)n1. The van der Waals surface area contributed by atoms with E-state index in [2.05, 4.69) is 54.4 Å². The third-order valence-electron chi connectivity index (χ3n) is 5.48. The summed E-state index contributed by atoms with van der Waals surface area (Å²) in [6.07, 6.45) is 6.76. The van der Waals surface area contributed by atoms with E-state index in [1.165, 1.54) is 11.9 Å². The molecule has 0 aliphatic carbocycles. The van der Waals surface area contributed by atoms with Crippen molar-refractivity contribution in [3.63, 3.8) is 0 Å². The molecule has 0 saturated carbocycles. The van der Waals surface area contributed by atoms with E-state index < -0.39 is 0 Å². The van der Waals surface area contributed by atoms with Crippen LogP contribution < -0.4 is 5.32 Å². The van der Waals surface area contributed by atoms with Crippen molar-refractivity contribution in [1.29, 1.82) is 0 Å². The van der Waals surface area contributed by atoms with Crippen LogP contribution in [0.5, 0.6) is 0 Å². The second-order valence-corrected chi connectivity index (χ2v) is 7.64. The fourth-order valence-electron chi connectivity index (χ4n) is 3.87. The Morgan fingerprint density at radius 3 is 2.67 bits per heavy atom. The van der Waals surface area contributed by atoms with Crippen molar-refractivity contribution in [1.82, 2.24) is 30.2 Å². The molecular weight excluding hydrogens is 376 g/mol. The largest absolute Gasteiger partial charge is 0.346 e. The van der Waals surface area contributed by atoms with Crippen LogP contribution in [0.15, 0.2) is 55.1 Å². The van der Waals surface area contributed by atoms with Crippen LogP contribution in [0.4, 0.5) is 0 Å². The average molecular weight is 403 g/mol. The van der Waals surface area contributed by atoms with Gasteiger partial charge in [0.05, 0.1) is 23.5 Å². The lowest BCUT2D eigenvalue weighted by Gasteiger charge is -2.32. The molecule has 2 aromatic heterocycles. The van der Waals surface area contributed by atoms with Crippen LogP contribution in [0, 0.1) is 6.92 Å². The summed E-state index contributed by atoms with van der Waals surface area (Å²) in [5.41, 5.74) is 3.53. The van der Waals surface area contributed by atoms with Gasteiger partial charge >= 0.3 is 0 Å². The van der Waals surface area contributed by atoms with Crippen LogP contribution in [-0.2, 0) is 13.1 Å². The van der Waals surface area contributed by atoms with E-state index >= 15 is 0 Å². The van der Waals surface area contributed by atoms with Crippen LogP contribution in [0.25, 0.3) is 0 Å². The fourth-order valence-corrected chi connectivity index (χ4v) is 3.87. The standard InChI is InChI=1S/C23H26N6O/c1-17-25-14-21(23(30)26-13-20-7-10-24-16-27-20)22(28-17)19-8-11-29(12-9-19)15-18-5-3-2-4-6-18/h2-7,10,14,16,19H,8-9,11-13,15H2,1H3,(H,26,30). The monoisotopic (exact) mass is 402 g/mol. The third-order valence-corrected chi connectivity index (χ3v) is 5.48. The number of rotatable bonds is 6. The first-order valence-corrected chi connectivity index (χ1v) is 10.3. The molecule has 1 aliphatic heterocycles. The molecule has 0 bridgehead atoms. The van der Waals surface area contributed by atoms with Gasteiger partial charge in [-0.05, 0) is 44.5 Å². The van der Waals surface area contributed by atoms with Gasteiger partial charge in [-0.2, -0.15) is 0 Å². The van der Waals surface area contributed by atoms with Crippen molar-refractivity contribution < 1.29 is 4.79 Å². The Morgan fingerprint density at radius 2 is 1.93 bits per heavy atom. The van der Waals surface area contributed by atoms with Gasteiger partial charge in [0.15, 0.2) is 0 Å². The number of carbonyl (C=O) groups excluding carboxylic acids is 1. The molecule has 1 aromatic carbocycles. The number of carbonyl (C=O) groups is 1. The molecular formula is C23H26N6O. The maximum Gasteiger partial charge on any atom is 0.255 e. The highest BCUT2D eigenvalue weighted by Gasteiger charge is 2.26. The van der Waals surface area contributed by atoms with Crippen LogP contribution in [0.3, 0.4) is 0 Å². The summed E-state index contributed by atoms with van der Waals surface area (Å²) in [5.74, 6) is 0.804. The van der Waals surface area contributed by atoms with Gasteiger partial charge < -0.3 is 5.32 Å². The van der Waals surface area contributed by atoms with Crippen molar-refractivity contribution in [3.05, 3.63) is 83.5 Å². The molecule has 7 heteroatoms. The van der Waals surface area contributed by atoms with E-state index in [4.69, 9.17) is 0 Å². The van der Waals surface area contributed by atoms with E-state index in [-0.39, 0.29) is 11.8 Å². The Labute approximate surface area is 176 Å². The molecule has 0 atom stereocenters. The van der Waals surface area contributed by atoms with Crippen LogP contribution in [0.1, 0.15) is 51.9 Å². The summed E-state index contributed by atoms with van der Waals surface area (Å²) in [4.78, 5) is 32.3. The molecule has 1 fully saturated rings. The Hall–Kier alpha value is -3.19. The summed E-state index contributed by atoms with van der Waals surface area (Å²) in [5, 5.41) is 2.94. The molecule has 3 aromatic rings. The predicted octanol–water partition coefficient (Wildman–Crippen LogP) is 2.88. The zero-order valence-electron chi connectivity index (χ0n) is 17.2. The Balaban J connectivity index is 1.41. The highest BCUT2D eigenvalue weighted by molar-refractivity contribution is 5.95. The van der Waals surface area contributed by atoms with Crippen molar-refractivity contribution in [2.45, 2.75) is 38.8 Å². The molecule has 4 rings (SSSR count). The number of piperidine rings is 1. The zero-order valence-corrected chi connectivity index (χ0v) is 17.2. The predicted molar refractivity (Wildman–Crippen MR) is 114 cm³/mol. The molecule has 1 aliphatic rings. The summed E-state index contributed by atoms with van der Waals surface area (Å²) < 4.78 is 0. The lowest BCUT2D eigenvalue weighted by atomic mass is 9.90. The van der Waals surface area contributed by atoms with Crippen molar-refractivity contribution in [2.75, 3.05) is 13.1 Å². The molecule has 1 saturated heterocycles. The number of nitrogens with one attached hydrogen (secondary N) is 1. The zero-order chi connectivity index (χ0) is 20.8. The molecule has 1 N–H and O–H groups in total. The maximum atomic E-state index is 12.9. The van der Waals surface area contributed by atoms with Gasteiger partial charge in [-0.1, -0.05) is 30.3 Å². The van der Waals surface area contributed by atoms with E-state index in [1.54, 1.807) is 18.5 Å². The van der Waals surface area contributed by atoms with Gasteiger partial charge in [0, 0.05) is 24.9 Å². The van der Waals surface area contributed by atoms with Gasteiger partial charge in [0.2, 0.25) is 0 Å². The van der Waals surface area contributed by atoms with E-state index in [0.717, 1.165) is 43.9 Å². The maximum absolute atomic E-state index is 12.9. The lowest BCUT2D eigenvalue weighted by Crippen LogP contribution is -2.34. The smallest absolute Gasteiger partial charge is 0.255 e. The van der Waals surface area contributed by atoms with Crippen molar-refractivity contribution >= 4 is 5.91 Å². The van der Waals surface area contributed by atoms with Gasteiger partial charge in [-0.25, -0.2) is 19.9 Å². The molecule has 30 heavy (non-hydrogen) atoms. The summed E-state index contributed by atoms with van der Waals surface area (Å²) in [6, 6.07) is 12.3. The first-order valence-electron chi connectivity index (χ1n) is 10.3. The number of hydrogen-bond acceptors (Lipinski definition) is 6. The minimum absolute atomic E-state index is 0.157. The van der Waals surface area contributed by atoms with Gasteiger partial charge in [-0.15, -0.1) is 0 Å². The molecule has 0 unspecified atom stereocenters. The van der Waals surface area contributed by atoms with E-state index in [1.807, 2.05) is 13.0 Å². The molecule has 3 heterocycles. The molecule has 0 spiro atoms. The minimum Gasteiger partial charge on any atom is -0.346 e. The third kappa shape index (κ3) is 5.04. The second kappa shape index (κ2) is 9.54. The fraction of sp³-hybridized carbons (Fsp3) is 0.348. The number of aromatic nitrogens is 4. The number of nitrogens with zero attached hydrogens (tertiary/aromatic N) is 5. The summed E-state index contributed by atoms with van der Waals surface area (Å²) in [7, 11) is 0. The molecule has 0 radical (unpaired) electrons. The van der Waals surface area contributed by atoms with Crippen molar-refractivity contribution in [3.8, 4) is 0 Å². The molecule has 7 nitrogen and oxygen atoms in total. The number of likely N-dealkylation sites (tertiary alicyclic amines) is 1. The summed E-state index contributed by atoms with van der Waals surface area (Å²) in [6.45, 7) is 5.17. The highest BCUT2D eigenvalue weighted by atomic mass is 16.1. The van der Waals surface area contributed by atoms with Crippen LogP contribution in [-0.4, -0.2) is 43.8 Å². The van der Waals surface area contributed by atoms with E-state index in [9.17, 15) is 4.79 Å². The first-order chi connectivity index (χ1) is 14.7. The quantitative estimate of drug-likeness (QED) is 0.683. The van der Waals surface area contributed by atoms with Crippen LogP contribution in [0.2, 0.25) is 0 Å². The van der Waals surface area contributed by atoms with Gasteiger partial charge in [-0.3, -0.25) is 9.69 Å². The average Bonchev–Trinajstić information content (AvgIpc) is 2.79. The molecule has 1 amide bonds. The topological polar surface area (TPSA) is 83.9 Å². The van der Waals surface area contributed by atoms with Gasteiger partial charge in [0.25, 0.3) is 5.91 Å².